The van der Waals surface area contributed by atoms with E-state index in [4.69, 9.17) is 4.74 Å². The van der Waals surface area contributed by atoms with E-state index in [-0.39, 0.29) is 18.3 Å². The van der Waals surface area contributed by atoms with E-state index >= 15 is 0 Å². The number of benzene rings is 3. The van der Waals surface area contributed by atoms with Crippen LogP contribution in [0, 0.1) is 0 Å². The molecule has 1 fully saturated rings. The fraction of sp³-hybridized carbons (Fsp3) is 0.357. The third kappa shape index (κ3) is 6.52. The maximum absolute atomic E-state index is 10.4. The number of rotatable bonds is 9. The van der Waals surface area contributed by atoms with Crippen LogP contribution in [0.3, 0.4) is 0 Å². The van der Waals surface area contributed by atoms with Crippen LogP contribution < -0.4 is 0 Å². The number of ether oxygens (including phenoxy) is 1. The summed E-state index contributed by atoms with van der Waals surface area (Å²) in [4.78, 5) is 2.51. The maximum atomic E-state index is 10.4. The van der Waals surface area contributed by atoms with Crippen molar-refractivity contribution in [2.24, 2.45) is 0 Å². The van der Waals surface area contributed by atoms with Gasteiger partial charge in [0.05, 0.1) is 12.2 Å². The maximum Gasteiger partial charge on any atom is 0.108 e. The SMILES string of the molecule is OC(CCCN1CCC(OC(c2ccccc2)c2ccccc2)CC1)c1ccc(Br)cc1. The molecule has 1 atom stereocenters. The van der Waals surface area contributed by atoms with Gasteiger partial charge in [-0.2, -0.15) is 0 Å². The lowest BCUT2D eigenvalue weighted by atomic mass is 10.00. The Morgan fingerprint density at radius 2 is 1.38 bits per heavy atom. The van der Waals surface area contributed by atoms with Crippen LogP contribution >= 0.6 is 15.9 Å². The van der Waals surface area contributed by atoms with Gasteiger partial charge in [-0.1, -0.05) is 88.7 Å². The van der Waals surface area contributed by atoms with Crippen molar-refractivity contribution in [2.75, 3.05) is 19.6 Å². The predicted octanol–water partition coefficient (Wildman–Crippen LogP) is 6.53. The van der Waals surface area contributed by atoms with Crippen LogP contribution in [0.15, 0.2) is 89.4 Å². The lowest BCUT2D eigenvalue weighted by Crippen LogP contribution is -2.38. The molecule has 0 saturated carbocycles. The Labute approximate surface area is 200 Å². The molecule has 1 aliphatic heterocycles. The van der Waals surface area contributed by atoms with E-state index in [0.717, 1.165) is 55.4 Å². The van der Waals surface area contributed by atoms with Gasteiger partial charge in [-0.15, -0.1) is 0 Å². The van der Waals surface area contributed by atoms with E-state index in [1.807, 2.05) is 24.3 Å². The molecule has 4 heteroatoms. The van der Waals surface area contributed by atoms with Gasteiger partial charge in [-0.05, 0) is 61.1 Å². The number of hydrogen-bond donors (Lipinski definition) is 1. The Balaban J connectivity index is 1.25. The minimum atomic E-state index is -0.388. The normalized spacial score (nSPS) is 16.3. The van der Waals surface area contributed by atoms with Crippen molar-refractivity contribution in [2.45, 2.75) is 44.0 Å². The molecule has 0 aliphatic carbocycles. The summed E-state index contributed by atoms with van der Waals surface area (Å²) in [5.74, 6) is 0. The van der Waals surface area contributed by atoms with E-state index in [2.05, 4.69) is 81.5 Å². The third-order valence-corrected chi connectivity index (χ3v) is 6.80. The Bertz CT molecular complexity index is 885. The van der Waals surface area contributed by atoms with Crippen molar-refractivity contribution in [1.29, 1.82) is 0 Å². The predicted molar refractivity (Wildman–Crippen MR) is 134 cm³/mol. The molecule has 0 radical (unpaired) electrons. The van der Waals surface area contributed by atoms with Gasteiger partial charge in [-0.3, -0.25) is 0 Å². The largest absolute Gasteiger partial charge is 0.388 e. The summed E-state index contributed by atoms with van der Waals surface area (Å²) in [6, 6.07) is 29.0. The number of nitrogens with zero attached hydrogens (tertiary/aromatic N) is 1. The fourth-order valence-electron chi connectivity index (χ4n) is 4.43. The summed E-state index contributed by atoms with van der Waals surface area (Å²) < 4.78 is 7.69. The van der Waals surface area contributed by atoms with Gasteiger partial charge in [0.25, 0.3) is 0 Å². The van der Waals surface area contributed by atoms with Crippen LogP contribution in [0.2, 0.25) is 0 Å². The van der Waals surface area contributed by atoms with Crippen LogP contribution in [0.4, 0.5) is 0 Å². The molecule has 1 unspecified atom stereocenters. The first-order valence-electron chi connectivity index (χ1n) is 11.6. The molecule has 0 aromatic heterocycles. The van der Waals surface area contributed by atoms with Crippen molar-refractivity contribution in [3.63, 3.8) is 0 Å². The van der Waals surface area contributed by atoms with Crippen molar-refractivity contribution < 1.29 is 9.84 Å². The molecule has 1 N–H and O–H groups in total. The zero-order valence-corrected chi connectivity index (χ0v) is 20.0. The van der Waals surface area contributed by atoms with E-state index in [1.165, 1.54) is 11.1 Å². The Morgan fingerprint density at radius 3 is 1.94 bits per heavy atom. The Morgan fingerprint density at radius 1 is 0.812 bits per heavy atom. The molecule has 3 aromatic carbocycles. The highest BCUT2D eigenvalue weighted by atomic mass is 79.9. The first-order chi connectivity index (χ1) is 15.7. The van der Waals surface area contributed by atoms with Crippen LogP contribution in [0.5, 0.6) is 0 Å². The Hall–Kier alpha value is -1.98. The molecule has 0 bridgehead atoms. The zero-order valence-electron chi connectivity index (χ0n) is 18.4. The van der Waals surface area contributed by atoms with Gasteiger partial charge < -0.3 is 14.7 Å². The van der Waals surface area contributed by atoms with Gasteiger partial charge in [0.15, 0.2) is 0 Å². The van der Waals surface area contributed by atoms with E-state index < -0.39 is 0 Å². The fourth-order valence-corrected chi connectivity index (χ4v) is 4.69. The molecule has 0 spiro atoms. The highest BCUT2D eigenvalue weighted by molar-refractivity contribution is 9.10. The molecule has 0 amide bonds. The number of hydrogen-bond acceptors (Lipinski definition) is 3. The van der Waals surface area contributed by atoms with Crippen molar-refractivity contribution in [3.05, 3.63) is 106 Å². The van der Waals surface area contributed by atoms with Gasteiger partial charge in [0, 0.05) is 17.6 Å². The van der Waals surface area contributed by atoms with Crippen molar-refractivity contribution in [1.82, 2.24) is 4.90 Å². The highest BCUT2D eigenvalue weighted by Crippen LogP contribution is 2.30. The average molecular weight is 494 g/mol. The number of likely N-dealkylation sites (tertiary alicyclic amines) is 1. The van der Waals surface area contributed by atoms with Crippen LogP contribution in [0.1, 0.15) is 54.6 Å². The molecule has 3 nitrogen and oxygen atoms in total. The second kappa shape index (κ2) is 11.8. The quantitative estimate of drug-likeness (QED) is 0.367. The number of halogens is 1. The summed E-state index contributed by atoms with van der Waals surface area (Å²) in [5, 5.41) is 10.4. The molecule has 1 saturated heterocycles. The highest BCUT2D eigenvalue weighted by Gasteiger charge is 2.24. The second-order valence-corrected chi connectivity index (χ2v) is 9.50. The first kappa shape index (κ1) is 23.2. The number of aliphatic hydroxyl groups is 1. The third-order valence-electron chi connectivity index (χ3n) is 6.27. The molecular formula is C28H32BrNO2. The van der Waals surface area contributed by atoms with Gasteiger partial charge in [0.1, 0.15) is 6.10 Å². The molecule has 1 heterocycles. The molecule has 168 valence electrons. The summed E-state index contributed by atoms with van der Waals surface area (Å²) in [7, 11) is 0. The molecule has 1 aliphatic rings. The topological polar surface area (TPSA) is 32.7 Å². The number of aliphatic hydroxyl groups excluding tert-OH is 1. The molecule has 3 aromatic rings. The molecule has 4 rings (SSSR count). The average Bonchev–Trinajstić information content (AvgIpc) is 2.85. The van der Waals surface area contributed by atoms with Gasteiger partial charge in [0.2, 0.25) is 0 Å². The summed E-state index contributed by atoms with van der Waals surface area (Å²) in [6.07, 6.45) is 3.75. The van der Waals surface area contributed by atoms with E-state index in [9.17, 15) is 5.11 Å². The smallest absolute Gasteiger partial charge is 0.108 e. The summed E-state index contributed by atoms with van der Waals surface area (Å²) in [5.41, 5.74) is 3.42. The Kier molecular flexibility index (Phi) is 8.52. The van der Waals surface area contributed by atoms with Crippen LogP contribution in [-0.4, -0.2) is 35.7 Å². The van der Waals surface area contributed by atoms with E-state index in [1.54, 1.807) is 0 Å². The van der Waals surface area contributed by atoms with Crippen molar-refractivity contribution in [3.8, 4) is 0 Å². The summed E-state index contributed by atoms with van der Waals surface area (Å²) >= 11 is 3.45. The lowest BCUT2D eigenvalue weighted by molar-refractivity contribution is -0.0274. The van der Waals surface area contributed by atoms with Crippen LogP contribution in [0.25, 0.3) is 0 Å². The monoisotopic (exact) mass is 493 g/mol. The standard InChI is InChI=1S/C28H32BrNO2/c29-25-15-13-22(14-16-25)27(31)12-7-19-30-20-17-26(18-21-30)32-28(23-8-3-1-4-9-23)24-10-5-2-6-11-24/h1-6,8-11,13-16,26-28,31H,7,12,17-21H2. The minimum absolute atomic E-state index is 0.0185. The van der Waals surface area contributed by atoms with Crippen LogP contribution in [-0.2, 0) is 4.74 Å². The summed E-state index contributed by atoms with van der Waals surface area (Å²) in [6.45, 7) is 3.13. The van der Waals surface area contributed by atoms with E-state index in [0.29, 0.717) is 0 Å². The van der Waals surface area contributed by atoms with Crippen molar-refractivity contribution >= 4 is 15.9 Å². The lowest BCUT2D eigenvalue weighted by Gasteiger charge is -2.34. The molecule has 32 heavy (non-hydrogen) atoms. The first-order valence-corrected chi connectivity index (χ1v) is 12.4. The second-order valence-electron chi connectivity index (χ2n) is 8.59. The zero-order chi connectivity index (χ0) is 22.2. The van der Waals surface area contributed by atoms with Gasteiger partial charge in [-0.25, -0.2) is 0 Å². The van der Waals surface area contributed by atoms with Gasteiger partial charge >= 0.3 is 0 Å². The minimum Gasteiger partial charge on any atom is -0.388 e. The molecular weight excluding hydrogens is 462 g/mol. The number of piperidine rings is 1.